The summed E-state index contributed by atoms with van der Waals surface area (Å²) in [6.45, 7) is 3.79. The molecule has 0 heterocycles. The van der Waals surface area contributed by atoms with Crippen molar-refractivity contribution in [2.75, 3.05) is 18.5 Å². The maximum atomic E-state index is 9.75. The van der Waals surface area contributed by atoms with E-state index in [-0.39, 0.29) is 6.61 Å². The predicted molar refractivity (Wildman–Crippen MR) is 66.6 cm³/mol. The molecule has 1 rings (SSSR count). The smallest absolute Gasteiger partial charge is 0.101 e. The van der Waals surface area contributed by atoms with Gasteiger partial charge in [-0.2, -0.15) is 5.26 Å². The average molecular weight is 234 g/mol. The number of likely N-dealkylation sites (N-methyl/N-ethyl adjacent to an activating group) is 1. The van der Waals surface area contributed by atoms with Crippen LogP contribution in [0.1, 0.15) is 25.0 Å². The van der Waals surface area contributed by atoms with Crippen molar-refractivity contribution in [1.82, 2.24) is 0 Å². The SMILES string of the molecule is CN(CC(C)(C)O)c1ccc(CO)cc1C#N. The van der Waals surface area contributed by atoms with Crippen LogP contribution in [-0.4, -0.2) is 29.4 Å². The number of benzene rings is 1. The summed E-state index contributed by atoms with van der Waals surface area (Å²) in [4.78, 5) is 1.83. The fourth-order valence-corrected chi connectivity index (χ4v) is 1.77. The molecule has 0 bridgehead atoms. The van der Waals surface area contributed by atoms with Crippen LogP contribution in [0.2, 0.25) is 0 Å². The highest BCUT2D eigenvalue weighted by molar-refractivity contribution is 5.60. The molecule has 17 heavy (non-hydrogen) atoms. The third kappa shape index (κ3) is 3.74. The van der Waals surface area contributed by atoms with E-state index in [1.54, 1.807) is 32.0 Å². The van der Waals surface area contributed by atoms with Crippen LogP contribution in [0.25, 0.3) is 0 Å². The number of anilines is 1. The number of aliphatic hydroxyl groups is 2. The van der Waals surface area contributed by atoms with Crippen LogP contribution in [-0.2, 0) is 6.61 Å². The predicted octanol–water partition coefficient (Wildman–Crippen LogP) is 1.26. The van der Waals surface area contributed by atoms with Crippen molar-refractivity contribution in [3.8, 4) is 6.07 Å². The van der Waals surface area contributed by atoms with Gasteiger partial charge in [0.1, 0.15) is 6.07 Å². The fourth-order valence-electron chi connectivity index (χ4n) is 1.77. The highest BCUT2D eigenvalue weighted by Gasteiger charge is 2.17. The Morgan fingerprint density at radius 2 is 2.06 bits per heavy atom. The summed E-state index contributed by atoms with van der Waals surface area (Å²) in [7, 11) is 1.83. The summed E-state index contributed by atoms with van der Waals surface area (Å²) < 4.78 is 0. The molecule has 0 atom stereocenters. The van der Waals surface area contributed by atoms with E-state index in [0.717, 1.165) is 5.69 Å². The molecule has 4 heteroatoms. The summed E-state index contributed by atoms with van der Waals surface area (Å²) in [6, 6.07) is 7.33. The molecule has 0 spiro atoms. The normalized spacial score (nSPS) is 11.1. The van der Waals surface area contributed by atoms with Gasteiger partial charge in [-0.15, -0.1) is 0 Å². The second-order valence-corrected chi connectivity index (χ2v) is 4.79. The monoisotopic (exact) mass is 234 g/mol. The lowest BCUT2D eigenvalue weighted by Gasteiger charge is -2.28. The molecule has 4 nitrogen and oxygen atoms in total. The number of nitriles is 1. The molecule has 0 radical (unpaired) electrons. The Kier molecular flexibility index (Phi) is 4.11. The lowest BCUT2D eigenvalue weighted by Crippen LogP contribution is -2.36. The molecule has 0 amide bonds. The number of rotatable bonds is 4. The van der Waals surface area contributed by atoms with Crippen molar-refractivity contribution < 1.29 is 10.2 Å². The average Bonchev–Trinajstić information content (AvgIpc) is 2.25. The first-order chi connectivity index (χ1) is 7.87. The molecule has 0 aromatic heterocycles. The highest BCUT2D eigenvalue weighted by Crippen LogP contribution is 2.22. The lowest BCUT2D eigenvalue weighted by molar-refractivity contribution is 0.0886. The van der Waals surface area contributed by atoms with E-state index in [0.29, 0.717) is 17.7 Å². The first-order valence-electron chi connectivity index (χ1n) is 5.45. The third-order valence-electron chi connectivity index (χ3n) is 2.40. The molecule has 0 fully saturated rings. The number of aliphatic hydroxyl groups excluding tert-OH is 1. The first-order valence-corrected chi connectivity index (χ1v) is 5.45. The maximum Gasteiger partial charge on any atom is 0.101 e. The van der Waals surface area contributed by atoms with E-state index < -0.39 is 5.60 Å². The first kappa shape index (κ1) is 13.5. The van der Waals surface area contributed by atoms with Crippen LogP contribution in [0.4, 0.5) is 5.69 Å². The minimum atomic E-state index is -0.822. The zero-order chi connectivity index (χ0) is 13.1. The Hall–Kier alpha value is -1.57. The van der Waals surface area contributed by atoms with Gasteiger partial charge in [-0.1, -0.05) is 6.07 Å². The summed E-state index contributed by atoms with van der Waals surface area (Å²) in [5, 5.41) is 27.8. The molecule has 0 aliphatic rings. The van der Waals surface area contributed by atoms with Gasteiger partial charge in [0.15, 0.2) is 0 Å². The van der Waals surface area contributed by atoms with Crippen LogP contribution < -0.4 is 4.90 Å². The fraction of sp³-hybridized carbons (Fsp3) is 0.462. The van der Waals surface area contributed by atoms with Gasteiger partial charge >= 0.3 is 0 Å². The van der Waals surface area contributed by atoms with Crippen LogP contribution in [0.5, 0.6) is 0 Å². The lowest BCUT2D eigenvalue weighted by atomic mass is 10.1. The molecule has 1 aromatic carbocycles. The van der Waals surface area contributed by atoms with Gasteiger partial charge in [0.2, 0.25) is 0 Å². The molecule has 0 saturated heterocycles. The van der Waals surface area contributed by atoms with Crippen LogP contribution in [0.3, 0.4) is 0 Å². The Morgan fingerprint density at radius 1 is 1.41 bits per heavy atom. The summed E-state index contributed by atoms with van der Waals surface area (Å²) >= 11 is 0. The molecular weight excluding hydrogens is 216 g/mol. The van der Waals surface area contributed by atoms with Gasteiger partial charge in [-0.3, -0.25) is 0 Å². The second kappa shape index (κ2) is 5.17. The van der Waals surface area contributed by atoms with Crippen molar-refractivity contribution in [1.29, 1.82) is 5.26 Å². The van der Waals surface area contributed by atoms with E-state index in [1.807, 2.05) is 11.9 Å². The molecule has 0 unspecified atom stereocenters. The minimum absolute atomic E-state index is 0.0792. The summed E-state index contributed by atoms with van der Waals surface area (Å²) in [5.41, 5.74) is 1.15. The molecule has 0 aliphatic carbocycles. The van der Waals surface area contributed by atoms with Crippen LogP contribution in [0, 0.1) is 11.3 Å². The van der Waals surface area contributed by atoms with Crippen molar-refractivity contribution >= 4 is 5.69 Å². The third-order valence-corrected chi connectivity index (χ3v) is 2.40. The van der Waals surface area contributed by atoms with Crippen LogP contribution >= 0.6 is 0 Å². The van der Waals surface area contributed by atoms with E-state index in [4.69, 9.17) is 10.4 Å². The Morgan fingerprint density at radius 3 is 2.53 bits per heavy atom. The van der Waals surface area contributed by atoms with Crippen molar-refractivity contribution in [2.24, 2.45) is 0 Å². The largest absolute Gasteiger partial charge is 0.392 e. The molecule has 2 N–H and O–H groups in total. The highest BCUT2D eigenvalue weighted by atomic mass is 16.3. The second-order valence-electron chi connectivity index (χ2n) is 4.79. The van der Waals surface area contributed by atoms with Crippen molar-refractivity contribution in [2.45, 2.75) is 26.1 Å². The number of nitrogens with zero attached hydrogens (tertiary/aromatic N) is 2. The Labute approximate surface area is 102 Å². The summed E-state index contributed by atoms with van der Waals surface area (Å²) in [6.07, 6.45) is 0. The molecule has 92 valence electrons. The topological polar surface area (TPSA) is 67.5 Å². The number of hydrogen-bond acceptors (Lipinski definition) is 4. The molecular formula is C13H18N2O2. The van der Waals surface area contributed by atoms with Gasteiger partial charge < -0.3 is 15.1 Å². The number of hydrogen-bond donors (Lipinski definition) is 2. The molecule has 1 aromatic rings. The van der Waals surface area contributed by atoms with Gasteiger partial charge in [0, 0.05) is 13.6 Å². The quantitative estimate of drug-likeness (QED) is 0.823. The zero-order valence-corrected chi connectivity index (χ0v) is 10.4. The van der Waals surface area contributed by atoms with E-state index in [2.05, 4.69) is 6.07 Å². The Bertz CT molecular complexity index is 430. The van der Waals surface area contributed by atoms with E-state index >= 15 is 0 Å². The zero-order valence-electron chi connectivity index (χ0n) is 10.4. The van der Waals surface area contributed by atoms with Gasteiger partial charge in [-0.05, 0) is 31.5 Å². The Balaban J connectivity index is 3.02. The minimum Gasteiger partial charge on any atom is -0.392 e. The molecule has 0 saturated carbocycles. The van der Waals surface area contributed by atoms with Gasteiger partial charge in [0.25, 0.3) is 0 Å². The van der Waals surface area contributed by atoms with Gasteiger partial charge in [0.05, 0.1) is 23.5 Å². The van der Waals surface area contributed by atoms with Crippen LogP contribution in [0.15, 0.2) is 18.2 Å². The molecule has 0 aliphatic heterocycles. The summed E-state index contributed by atoms with van der Waals surface area (Å²) in [5.74, 6) is 0. The van der Waals surface area contributed by atoms with E-state index in [9.17, 15) is 5.11 Å². The van der Waals surface area contributed by atoms with Crippen molar-refractivity contribution in [3.05, 3.63) is 29.3 Å². The maximum absolute atomic E-state index is 9.75. The van der Waals surface area contributed by atoms with Crippen molar-refractivity contribution in [3.63, 3.8) is 0 Å². The van der Waals surface area contributed by atoms with Gasteiger partial charge in [-0.25, -0.2) is 0 Å². The van der Waals surface area contributed by atoms with E-state index in [1.165, 1.54) is 0 Å². The standard InChI is InChI=1S/C13H18N2O2/c1-13(2,17)9-15(3)12-5-4-10(8-16)6-11(12)7-14/h4-6,16-17H,8-9H2,1-3H3.